The van der Waals surface area contributed by atoms with Crippen LogP contribution in [0.1, 0.15) is 10.4 Å². The highest BCUT2D eigenvalue weighted by molar-refractivity contribution is 7.92. The molecule has 0 atom stereocenters. The van der Waals surface area contributed by atoms with Crippen molar-refractivity contribution in [1.29, 1.82) is 0 Å². The minimum absolute atomic E-state index is 0.0343. The van der Waals surface area contributed by atoms with E-state index in [2.05, 4.69) is 10.0 Å². The lowest BCUT2D eigenvalue weighted by Crippen LogP contribution is -2.24. The van der Waals surface area contributed by atoms with E-state index in [4.69, 9.17) is 0 Å². The van der Waals surface area contributed by atoms with Crippen LogP contribution in [0.15, 0.2) is 77.7 Å². The summed E-state index contributed by atoms with van der Waals surface area (Å²) >= 11 is 0. The first-order chi connectivity index (χ1) is 15.0. The van der Waals surface area contributed by atoms with Crippen LogP contribution >= 0.6 is 0 Å². The molecule has 8 nitrogen and oxygen atoms in total. The summed E-state index contributed by atoms with van der Waals surface area (Å²) in [6.07, 6.45) is 1.08. The van der Waals surface area contributed by atoms with Crippen LogP contribution in [-0.2, 0) is 20.0 Å². The van der Waals surface area contributed by atoms with Crippen molar-refractivity contribution < 1.29 is 26.0 Å². The van der Waals surface area contributed by atoms with Gasteiger partial charge >= 0.3 is 0 Å². The van der Waals surface area contributed by atoms with Gasteiger partial charge in [-0.25, -0.2) is 21.2 Å². The lowest BCUT2D eigenvalue weighted by Gasteiger charge is -2.16. The molecule has 0 saturated heterocycles. The van der Waals surface area contributed by atoms with Crippen molar-refractivity contribution in [2.24, 2.45) is 0 Å². The third-order valence-electron chi connectivity index (χ3n) is 4.51. The Morgan fingerprint density at radius 1 is 0.812 bits per heavy atom. The van der Waals surface area contributed by atoms with Gasteiger partial charge in [-0.05, 0) is 72.8 Å². The molecular weight excluding hydrogens is 457 g/mol. The third kappa shape index (κ3) is 5.62. The number of amides is 1. The van der Waals surface area contributed by atoms with Gasteiger partial charge in [-0.3, -0.25) is 13.8 Å². The highest BCUT2D eigenvalue weighted by Gasteiger charge is 2.16. The van der Waals surface area contributed by atoms with Crippen LogP contribution in [-0.4, -0.2) is 36.0 Å². The predicted molar refractivity (Wildman–Crippen MR) is 121 cm³/mol. The monoisotopic (exact) mass is 477 g/mol. The Morgan fingerprint density at radius 2 is 1.34 bits per heavy atom. The van der Waals surface area contributed by atoms with Gasteiger partial charge in [-0.15, -0.1) is 0 Å². The Bertz CT molecular complexity index is 1320. The van der Waals surface area contributed by atoms with Crippen LogP contribution in [0.2, 0.25) is 0 Å². The van der Waals surface area contributed by atoms with Gasteiger partial charge < -0.3 is 5.32 Å². The Kier molecular flexibility index (Phi) is 6.51. The molecule has 2 N–H and O–H groups in total. The zero-order chi connectivity index (χ0) is 23.5. The molecule has 0 spiro atoms. The molecule has 3 rings (SSSR count). The SMILES string of the molecule is CN(c1ccc(C(=O)Nc2ccc(S(=O)(=O)Nc3ccc(F)cc3)cc2)cc1)S(C)(=O)=O. The van der Waals surface area contributed by atoms with E-state index in [1.165, 1.54) is 67.7 Å². The second kappa shape index (κ2) is 8.97. The number of carbonyl (C=O) groups is 1. The van der Waals surface area contributed by atoms with Crippen molar-refractivity contribution in [1.82, 2.24) is 0 Å². The first kappa shape index (κ1) is 23.2. The number of sulfonamides is 2. The molecule has 3 aromatic carbocycles. The molecule has 0 aliphatic rings. The quantitative estimate of drug-likeness (QED) is 0.542. The molecule has 32 heavy (non-hydrogen) atoms. The molecule has 168 valence electrons. The Morgan fingerprint density at radius 3 is 1.88 bits per heavy atom. The van der Waals surface area contributed by atoms with E-state index < -0.39 is 31.8 Å². The van der Waals surface area contributed by atoms with Crippen LogP contribution in [0.5, 0.6) is 0 Å². The zero-order valence-electron chi connectivity index (χ0n) is 17.1. The van der Waals surface area contributed by atoms with Gasteiger partial charge in [0.2, 0.25) is 10.0 Å². The van der Waals surface area contributed by atoms with E-state index in [-0.39, 0.29) is 10.6 Å². The molecular formula is C21H20FN3O5S2. The number of rotatable bonds is 7. The normalized spacial score (nSPS) is 11.6. The van der Waals surface area contributed by atoms with Crippen molar-refractivity contribution in [3.63, 3.8) is 0 Å². The number of carbonyl (C=O) groups excluding carboxylic acids is 1. The van der Waals surface area contributed by atoms with E-state index in [9.17, 15) is 26.0 Å². The fourth-order valence-electron chi connectivity index (χ4n) is 2.67. The van der Waals surface area contributed by atoms with E-state index >= 15 is 0 Å². The fourth-order valence-corrected chi connectivity index (χ4v) is 4.23. The molecule has 0 unspecified atom stereocenters. The van der Waals surface area contributed by atoms with Crippen LogP contribution in [0.3, 0.4) is 0 Å². The maximum absolute atomic E-state index is 13.0. The number of hydrogen-bond acceptors (Lipinski definition) is 5. The van der Waals surface area contributed by atoms with Gasteiger partial charge in [0.1, 0.15) is 5.82 Å². The number of nitrogens with one attached hydrogen (secondary N) is 2. The predicted octanol–water partition coefficient (Wildman–Crippen LogP) is 3.27. The van der Waals surface area contributed by atoms with Gasteiger partial charge in [0.25, 0.3) is 15.9 Å². The minimum Gasteiger partial charge on any atom is -0.322 e. The Hall–Kier alpha value is -3.44. The highest BCUT2D eigenvalue weighted by atomic mass is 32.2. The zero-order valence-corrected chi connectivity index (χ0v) is 18.7. The highest BCUT2D eigenvalue weighted by Crippen LogP contribution is 2.20. The number of hydrogen-bond donors (Lipinski definition) is 2. The van der Waals surface area contributed by atoms with Gasteiger partial charge in [0.15, 0.2) is 0 Å². The molecule has 0 aliphatic carbocycles. The Labute approximate surface area is 185 Å². The van der Waals surface area contributed by atoms with Crippen LogP contribution in [0, 0.1) is 5.82 Å². The van der Waals surface area contributed by atoms with Crippen LogP contribution in [0.25, 0.3) is 0 Å². The second-order valence-electron chi connectivity index (χ2n) is 6.87. The van der Waals surface area contributed by atoms with E-state index in [0.717, 1.165) is 22.7 Å². The average molecular weight is 478 g/mol. The molecule has 0 fully saturated rings. The summed E-state index contributed by atoms with van der Waals surface area (Å²) < 4.78 is 64.5. The first-order valence-corrected chi connectivity index (χ1v) is 12.5. The minimum atomic E-state index is -3.89. The van der Waals surface area contributed by atoms with Crippen molar-refractivity contribution in [3.05, 3.63) is 84.2 Å². The number of nitrogens with zero attached hydrogens (tertiary/aromatic N) is 1. The number of halogens is 1. The molecule has 11 heteroatoms. The average Bonchev–Trinajstić information content (AvgIpc) is 2.74. The van der Waals surface area contributed by atoms with E-state index in [1.54, 1.807) is 0 Å². The van der Waals surface area contributed by atoms with Crippen molar-refractivity contribution >= 4 is 43.0 Å². The van der Waals surface area contributed by atoms with Crippen LogP contribution in [0.4, 0.5) is 21.5 Å². The lowest BCUT2D eigenvalue weighted by molar-refractivity contribution is 0.102. The third-order valence-corrected chi connectivity index (χ3v) is 7.11. The Balaban J connectivity index is 1.68. The standard InChI is InChI=1S/C21H20FN3O5S2/c1-25(31(2,27)28)19-11-3-15(4-12-19)21(26)23-17-9-13-20(14-10-17)32(29,30)24-18-7-5-16(22)6-8-18/h3-14,24H,1-2H3,(H,23,26). The number of benzene rings is 3. The molecule has 0 aliphatic heterocycles. The topological polar surface area (TPSA) is 113 Å². The van der Waals surface area contributed by atoms with Crippen molar-refractivity contribution in [2.75, 3.05) is 27.6 Å². The first-order valence-electron chi connectivity index (χ1n) is 9.19. The molecule has 1 amide bonds. The summed E-state index contributed by atoms with van der Waals surface area (Å²) in [4.78, 5) is 12.4. The molecule has 0 radical (unpaired) electrons. The van der Waals surface area contributed by atoms with E-state index in [0.29, 0.717) is 16.9 Å². The maximum atomic E-state index is 13.0. The maximum Gasteiger partial charge on any atom is 0.261 e. The lowest BCUT2D eigenvalue weighted by atomic mass is 10.2. The molecule has 0 heterocycles. The van der Waals surface area contributed by atoms with Gasteiger partial charge in [0, 0.05) is 24.0 Å². The van der Waals surface area contributed by atoms with Gasteiger partial charge in [-0.2, -0.15) is 0 Å². The number of anilines is 3. The van der Waals surface area contributed by atoms with Gasteiger partial charge in [-0.1, -0.05) is 0 Å². The summed E-state index contributed by atoms with van der Waals surface area (Å²) in [5.41, 5.74) is 1.29. The smallest absolute Gasteiger partial charge is 0.261 e. The summed E-state index contributed by atoms with van der Waals surface area (Å²) in [5, 5.41) is 2.64. The summed E-state index contributed by atoms with van der Waals surface area (Å²) in [6, 6.07) is 16.4. The van der Waals surface area contributed by atoms with E-state index in [1.807, 2.05) is 0 Å². The van der Waals surface area contributed by atoms with Crippen molar-refractivity contribution in [3.8, 4) is 0 Å². The summed E-state index contributed by atoms with van der Waals surface area (Å²) in [6.45, 7) is 0. The summed E-state index contributed by atoms with van der Waals surface area (Å²) in [5.74, 6) is -0.927. The van der Waals surface area contributed by atoms with Crippen LogP contribution < -0.4 is 14.3 Å². The van der Waals surface area contributed by atoms with Crippen molar-refractivity contribution in [2.45, 2.75) is 4.90 Å². The molecule has 0 bridgehead atoms. The van der Waals surface area contributed by atoms with Gasteiger partial charge in [0.05, 0.1) is 16.8 Å². The molecule has 0 saturated carbocycles. The molecule has 3 aromatic rings. The fraction of sp³-hybridized carbons (Fsp3) is 0.0952. The summed E-state index contributed by atoms with van der Waals surface area (Å²) in [7, 11) is -5.89. The largest absolute Gasteiger partial charge is 0.322 e. The molecule has 0 aromatic heterocycles. The second-order valence-corrected chi connectivity index (χ2v) is 10.6.